The summed E-state index contributed by atoms with van der Waals surface area (Å²) in [5.41, 5.74) is 4.09. The molecule has 0 saturated carbocycles. The molecule has 0 atom stereocenters. The molecule has 1 aliphatic heterocycles. The number of hydrogen-bond donors (Lipinski definition) is 0. The molecule has 1 fully saturated rings. The molecular weight excluding hydrogens is 422 g/mol. The third-order valence-corrected chi connectivity index (χ3v) is 5.67. The van der Waals surface area contributed by atoms with Gasteiger partial charge in [-0.25, -0.2) is 15.0 Å². The van der Waals surface area contributed by atoms with Crippen LogP contribution in [0.1, 0.15) is 21.6 Å². The molecule has 6 heteroatoms. The van der Waals surface area contributed by atoms with Crippen LogP contribution in [0.4, 0.5) is 5.95 Å². The summed E-state index contributed by atoms with van der Waals surface area (Å²) >= 11 is 0. The number of amides is 1. The summed E-state index contributed by atoms with van der Waals surface area (Å²) in [4.78, 5) is 30.6. The van der Waals surface area contributed by atoms with Crippen LogP contribution in [-0.4, -0.2) is 51.9 Å². The van der Waals surface area contributed by atoms with Crippen molar-refractivity contribution in [1.29, 1.82) is 0 Å². The van der Waals surface area contributed by atoms with Gasteiger partial charge in [0.1, 0.15) is 5.69 Å². The molecule has 1 aliphatic rings. The number of carbonyl (C=O) groups is 1. The minimum Gasteiger partial charge on any atom is -0.337 e. The second-order valence-corrected chi connectivity index (χ2v) is 7.93. The van der Waals surface area contributed by atoms with Gasteiger partial charge in [-0.2, -0.15) is 0 Å². The van der Waals surface area contributed by atoms with Crippen LogP contribution in [0.2, 0.25) is 0 Å². The van der Waals surface area contributed by atoms with Crippen molar-refractivity contribution < 1.29 is 4.79 Å². The Balaban J connectivity index is 1.24. The Morgan fingerprint density at radius 3 is 2.38 bits per heavy atom. The first-order valence-corrected chi connectivity index (χ1v) is 11.2. The van der Waals surface area contributed by atoms with Gasteiger partial charge in [-0.05, 0) is 42.3 Å². The highest BCUT2D eigenvalue weighted by molar-refractivity contribution is 5.94. The fraction of sp³-hybridized carbons (Fsp3) is 0.143. The molecule has 2 aromatic carbocycles. The molecule has 5 rings (SSSR count). The minimum absolute atomic E-state index is 0.0140. The average Bonchev–Trinajstić information content (AvgIpc) is 2.93. The van der Waals surface area contributed by atoms with Gasteiger partial charge in [0.05, 0.1) is 5.69 Å². The lowest BCUT2D eigenvalue weighted by atomic mass is 10.1. The zero-order valence-electron chi connectivity index (χ0n) is 18.6. The Hall–Kier alpha value is -4.50. The average molecular weight is 446 g/mol. The third-order valence-electron chi connectivity index (χ3n) is 5.67. The van der Waals surface area contributed by atoms with Crippen molar-refractivity contribution in [3.8, 4) is 23.1 Å². The van der Waals surface area contributed by atoms with E-state index in [1.54, 1.807) is 12.4 Å². The molecule has 0 bridgehead atoms. The third kappa shape index (κ3) is 4.94. The van der Waals surface area contributed by atoms with Gasteiger partial charge in [-0.1, -0.05) is 48.4 Å². The lowest BCUT2D eigenvalue weighted by Crippen LogP contribution is -2.49. The second kappa shape index (κ2) is 9.97. The van der Waals surface area contributed by atoms with Crippen molar-refractivity contribution in [2.75, 3.05) is 31.1 Å². The first-order valence-electron chi connectivity index (χ1n) is 11.2. The van der Waals surface area contributed by atoms with Crippen LogP contribution < -0.4 is 4.90 Å². The molecule has 2 aromatic heterocycles. The zero-order valence-corrected chi connectivity index (χ0v) is 18.6. The number of nitrogens with zero attached hydrogens (tertiary/aromatic N) is 5. The number of aromatic nitrogens is 3. The molecule has 0 spiro atoms. The molecule has 34 heavy (non-hydrogen) atoms. The van der Waals surface area contributed by atoms with Gasteiger partial charge >= 0.3 is 0 Å². The van der Waals surface area contributed by atoms with Crippen LogP contribution in [0.5, 0.6) is 0 Å². The number of anilines is 1. The Kier molecular flexibility index (Phi) is 6.26. The molecule has 3 heterocycles. The molecule has 4 aromatic rings. The van der Waals surface area contributed by atoms with Gasteiger partial charge in [0.25, 0.3) is 5.91 Å². The molecule has 0 aliphatic carbocycles. The Labute approximate surface area is 198 Å². The highest BCUT2D eigenvalue weighted by atomic mass is 16.2. The van der Waals surface area contributed by atoms with Gasteiger partial charge in [-0.15, -0.1) is 0 Å². The van der Waals surface area contributed by atoms with E-state index >= 15 is 0 Å². The van der Waals surface area contributed by atoms with Crippen molar-refractivity contribution in [1.82, 2.24) is 19.9 Å². The zero-order chi connectivity index (χ0) is 23.2. The van der Waals surface area contributed by atoms with Gasteiger partial charge < -0.3 is 9.80 Å². The van der Waals surface area contributed by atoms with Crippen molar-refractivity contribution >= 4 is 11.9 Å². The molecule has 0 radical (unpaired) electrons. The number of carbonyl (C=O) groups excluding carboxylic acids is 1. The van der Waals surface area contributed by atoms with Crippen LogP contribution >= 0.6 is 0 Å². The van der Waals surface area contributed by atoms with Crippen LogP contribution in [0.3, 0.4) is 0 Å². The summed E-state index contributed by atoms with van der Waals surface area (Å²) in [6, 6.07) is 25.1. The summed E-state index contributed by atoms with van der Waals surface area (Å²) in [5, 5.41) is 0. The molecule has 1 saturated heterocycles. The smallest absolute Gasteiger partial charge is 0.254 e. The van der Waals surface area contributed by atoms with Crippen LogP contribution in [0.25, 0.3) is 11.3 Å². The number of hydrogen-bond acceptors (Lipinski definition) is 5. The SMILES string of the molecule is O=C(c1cccc(C#Cc2ccccn2)c1)N1CCN(c2nccc(-c3ccccc3)n2)CC1. The molecule has 0 unspecified atom stereocenters. The van der Waals surface area contributed by atoms with E-state index in [4.69, 9.17) is 4.98 Å². The second-order valence-electron chi connectivity index (χ2n) is 7.93. The van der Waals surface area contributed by atoms with Crippen molar-refractivity contribution in [3.63, 3.8) is 0 Å². The van der Waals surface area contributed by atoms with Crippen LogP contribution in [-0.2, 0) is 0 Å². The van der Waals surface area contributed by atoms with Crippen LogP contribution in [0.15, 0.2) is 91.3 Å². The maximum atomic E-state index is 13.1. The first-order chi connectivity index (χ1) is 16.8. The van der Waals surface area contributed by atoms with Gasteiger partial charge in [0, 0.05) is 55.3 Å². The molecule has 0 N–H and O–H groups in total. The lowest BCUT2D eigenvalue weighted by Gasteiger charge is -2.34. The first kappa shape index (κ1) is 21.4. The van der Waals surface area contributed by atoms with E-state index in [1.165, 1.54) is 0 Å². The highest BCUT2D eigenvalue weighted by Gasteiger charge is 2.23. The van der Waals surface area contributed by atoms with E-state index in [9.17, 15) is 4.79 Å². The largest absolute Gasteiger partial charge is 0.337 e. The van der Waals surface area contributed by atoms with E-state index in [0.717, 1.165) is 16.8 Å². The maximum absolute atomic E-state index is 13.1. The van der Waals surface area contributed by atoms with E-state index in [0.29, 0.717) is 43.4 Å². The predicted octanol–water partition coefficient (Wildman–Crippen LogP) is 3.90. The Morgan fingerprint density at radius 1 is 0.765 bits per heavy atom. The molecular formula is C28H23N5O. The molecule has 166 valence electrons. The maximum Gasteiger partial charge on any atom is 0.254 e. The van der Waals surface area contributed by atoms with E-state index in [1.807, 2.05) is 83.8 Å². The van der Waals surface area contributed by atoms with Gasteiger partial charge in [0.15, 0.2) is 0 Å². The summed E-state index contributed by atoms with van der Waals surface area (Å²) in [6.07, 6.45) is 3.51. The number of pyridine rings is 1. The topological polar surface area (TPSA) is 62.2 Å². The van der Waals surface area contributed by atoms with Crippen molar-refractivity contribution in [2.45, 2.75) is 0 Å². The monoisotopic (exact) mass is 445 g/mol. The van der Waals surface area contributed by atoms with E-state index < -0.39 is 0 Å². The quantitative estimate of drug-likeness (QED) is 0.448. The summed E-state index contributed by atoms with van der Waals surface area (Å²) in [5.74, 6) is 6.85. The summed E-state index contributed by atoms with van der Waals surface area (Å²) in [6.45, 7) is 2.59. The van der Waals surface area contributed by atoms with Gasteiger partial charge in [0.2, 0.25) is 5.95 Å². The van der Waals surface area contributed by atoms with E-state index in [2.05, 4.69) is 26.7 Å². The van der Waals surface area contributed by atoms with Gasteiger partial charge in [-0.3, -0.25) is 4.79 Å². The van der Waals surface area contributed by atoms with E-state index in [-0.39, 0.29) is 5.91 Å². The Morgan fingerprint density at radius 2 is 1.59 bits per heavy atom. The summed E-state index contributed by atoms with van der Waals surface area (Å²) in [7, 11) is 0. The lowest BCUT2D eigenvalue weighted by molar-refractivity contribution is 0.0746. The predicted molar refractivity (Wildman–Crippen MR) is 132 cm³/mol. The number of benzene rings is 2. The molecule has 1 amide bonds. The molecule has 6 nitrogen and oxygen atoms in total. The van der Waals surface area contributed by atoms with Crippen molar-refractivity contribution in [2.24, 2.45) is 0 Å². The number of piperazine rings is 1. The normalized spacial score (nSPS) is 13.2. The fourth-order valence-electron chi connectivity index (χ4n) is 3.87. The highest BCUT2D eigenvalue weighted by Crippen LogP contribution is 2.20. The Bertz CT molecular complexity index is 1340. The number of rotatable bonds is 3. The summed E-state index contributed by atoms with van der Waals surface area (Å²) < 4.78 is 0. The fourth-order valence-corrected chi connectivity index (χ4v) is 3.87. The van der Waals surface area contributed by atoms with Crippen LogP contribution in [0, 0.1) is 11.8 Å². The standard InChI is InChI=1S/C28H23N5O/c34-27(24-10-6-7-22(21-24)12-13-25-11-4-5-15-29-25)32-17-19-33(20-18-32)28-30-16-14-26(31-28)23-8-2-1-3-9-23/h1-11,14-16,21H,17-20H2. The minimum atomic E-state index is 0.0140. The van der Waals surface area contributed by atoms with Crippen molar-refractivity contribution in [3.05, 3.63) is 108 Å².